The van der Waals surface area contributed by atoms with Crippen LogP contribution in [-0.4, -0.2) is 21.4 Å². The second-order valence-corrected chi connectivity index (χ2v) is 7.17. The van der Waals surface area contributed by atoms with Crippen LogP contribution in [-0.2, 0) is 12.8 Å². The van der Waals surface area contributed by atoms with Gasteiger partial charge in [-0.2, -0.15) is 0 Å². The Bertz CT molecular complexity index is 741. The average Bonchev–Trinajstić information content (AvgIpc) is 2.52. The van der Waals surface area contributed by atoms with Gasteiger partial charge in [0.05, 0.1) is 0 Å². The lowest BCUT2D eigenvalue weighted by atomic mass is 10.0. The van der Waals surface area contributed by atoms with E-state index in [9.17, 15) is 4.79 Å². The molecule has 0 atom stereocenters. The van der Waals surface area contributed by atoms with Gasteiger partial charge in [0.1, 0.15) is 17.3 Å². The molecule has 2 N–H and O–H groups in total. The van der Waals surface area contributed by atoms with Gasteiger partial charge in [0.25, 0.3) is 5.91 Å². The van der Waals surface area contributed by atoms with Gasteiger partial charge < -0.3 is 10.6 Å². The highest BCUT2D eigenvalue weighted by molar-refractivity contribution is 6.04. The minimum absolute atomic E-state index is 0.140. The summed E-state index contributed by atoms with van der Waals surface area (Å²) in [6.07, 6.45) is 1.73. The molecule has 0 aliphatic rings. The maximum absolute atomic E-state index is 12.8. The van der Waals surface area contributed by atoms with Crippen LogP contribution < -0.4 is 10.6 Å². The van der Waals surface area contributed by atoms with Gasteiger partial charge in [0.2, 0.25) is 0 Å². The normalized spacial score (nSPS) is 11.3. The molecule has 1 heterocycles. The van der Waals surface area contributed by atoms with Gasteiger partial charge in [-0.15, -0.1) is 0 Å². The van der Waals surface area contributed by atoms with Gasteiger partial charge in [0, 0.05) is 17.3 Å². The van der Waals surface area contributed by atoms with Gasteiger partial charge in [-0.3, -0.25) is 4.79 Å². The number of para-hydroxylation sites is 1. The number of nitrogens with zero attached hydrogens (tertiary/aromatic N) is 2. The van der Waals surface area contributed by atoms with Crippen molar-refractivity contribution < 1.29 is 4.79 Å². The Labute approximate surface area is 150 Å². The van der Waals surface area contributed by atoms with E-state index in [4.69, 9.17) is 0 Å². The minimum Gasteiger partial charge on any atom is -0.365 e. The lowest BCUT2D eigenvalue weighted by Gasteiger charge is -2.21. The third kappa shape index (κ3) is 5.02. The van der Waals surface area contributed by atoms with Crippen molar-refractivity contribution in [3.63, 3.8) is 0 Å². The topological polar surface area (TPSA) is 66.9 Å². The highest BCUT2D eigenvalue weighted by Gasteiger charge is 2.16. The molecular formula is C20H28N4O. The molecule has 0 fully saturated rings. The van der Waals surface area contributed by atoms with Gasteiger partial charge in [-0.25, -0.2) is 9.97 Å². The van der Waals surface area contributed by atoms with Gasteiger partial charge in [0.15, 0.2) is 0 Å². The zero-order valence-corrected chi connectivity index (χ0v) is 16.0. The Morgan fingerprint density at radius 3 is 2.20 bits per heavy atom. The SMILES string of the molecule is CCc1cccc(CC)c1NC(=O)c1cc(NC(C)(C)C)nc(C)n1. The Morgan fingerprint density at radius 2 is 1.68 bits per heavy atom. The van der Waals surface area contributed by atoms with E-state index < -0.39 is 0 Å². The number of nitrogens with one attached hydrogen (secondary N) is 2. The van der Waals surface area contributed by atoms with E-state index in [0.29, 0.717) is 17.3 Å². The highest BCUT2D eigenvalue weighted by Crippen LogP contribution is 2.23. The van der Waals surface area contributed by atoms with E-state index in [1.165, 1.54) is 0 Å². The lowest BCUT2D eigenvalue weighted by molar-refractivity contribution is 0.102. The van der Waals surface area contributed by atoms with Crippen molar-refractivity contribution in [1.29, 1.82) is 0 Å². The largest absolute Gasteiger partial charge is 0.365 e. The fourth-order valence-corrected chi connectivity index (χ4v) is 2.71. The number of rotatable bonds is 5. The van der Waals surface area contributed by atoms with Crippen molar-refractivity contribution in [2.24, 2.45) is 0 Å². The lowest BCUT2D eigenvalue weighted by Crippen LogP contribution is -2.27. The fourth-order valence-electron chi connectivity index (χ4n) is 2.71. The molecule has 134 valence electrons. The zero-order valence-electron chi connectivity index (χ0n) is 16.0. The van der Waals surface area contributed by atoms with Crippen molar-refractivity contribution in [1.82, 2.24) is 9.97 Å². The summed E-state index contributed by atoms with van der Waals surface area (Å²) in [5.41, 5.74) is 3.39. The third-order valence-electron chi connectivity index (χ3n) is 3.81. The summed E-state index contributed by atoms with van der Waals surface area (Å²) in [4.78, 5) is 21.5. The number of benzene rings is 1. The van der Waals surface area contributed by atoms with Gasteiger partial charge >= 0.3 is 0 Å². The molecule has 0 saturated heterocycles. The van der Waals surface area contributed by atoms with Crippen LogP contribution in [0.3, 0.4) is 0 Å². The van der Waals surface area contributed by atoms with E-state index in [1.54, 1.807) is 13.0 Å². The van der Waals surface area contributed by atoms with Crippen LogP contribution in [0.5, 0.6) is 0 Å². The van der Waals surface area contributed by atoms with Crippen molar-refractivity contribution in [2.75, 3.05) is 10.6 Å². The quantitative estimate of drug-likeness (QED) is 0.848. The van der Waals surface area contributed by atoms with Crippen molar-refractivity contribution in [3.05, 3.63) is 46.9 Å². The predicted molar refractivity (Wildman–Crippen MR) is 103 cm³/mol. The van der Waals surface area contributed by atoms with Gasteiger partial charge in [-0.05, 0) is 51.7 Å². The molecule has 0 saturated carbocycles. The molecule has 0 spiro atoms. The average molecular weight is 340 g/mol. The number of anilines is 2. The number of aromatic nitrogens is 2. The molecular weight excluding hydrogens is 312 g/mol. The van der Waals surface area contributed by atoms with Crippen LogP contribution in [0.25, 0.3) is 0 Å². The summed E-state index contributed by atoms with van der Waals surface area (Å²) in [5, 5.41) is 6.35. The molecule has 1 amide bonds. The number of amides is 1. The van der Waals surface area contributed by atoms with Crippen LogP contribution in [0.15, 0.2) is 24.3 Å². The molecule has 5 nitrogen and oxygen atoms in total. The Morgan fingerprint density at radius 1 is 1.08 bits per heavy atom. The van der Waals surface area contributed by atoms with Gasteiger partial charge in [-0.1, -0.05) is 32.0 Å². The number of carbonyl (C=O) groups excluding carboxylic acids is 1. The maximum atomic E-state index is 12.8. The molecule has 5 heteroatoms. The zero-order chi connectivity index (χ0) is 18.6. The molecule has 1 aromatic carbocycles. The molecule has 0 radical (unpaired) electrons. The van der Waals surface area contributed by atoms with Crippen LogP contribution in [0.2, 0.25) is 0 Å². The van der Waals surface area contributed by atoms with Crippen molar-refractivity contribution in [2.45, 2.75) is 59.9 Å². The summed E-state index contributed by atoms with van der Waals surface area (Å²) < 4.78 is 0. The molecule has 0 aliphatic heterocycles. The molecule has 0 bridgehead atoms. The van der Waals surface area contributed by atoms with Crippen LogP contribution in [0, 0.1) is 6.92 Å². The monoisotopic (exact) mass is 340 g/mol. The number of hydrogen-bond donors (Lipinski definition) is 2. The van der Waals surface area contributed by atoms with Crippen molar-refractivity contribution >= 4 is 17.4 Å². The molecule has 0 aliphatic carbocycles. The van der Waals surface area contributed by atoms with E-state index >= 15 is 0 Å². The fraction of sp³-hybridized carbons (Fsp3) is 0.450. The molecule has 25 heavy (non-hydrogen) atoms. The van der Waals surface area contributed by atoms with Crippen LogP contribution >= 0.6 is 0 Å². The summed E-state index contributed by atoms with van der Waals surface area (Å²) in [6.45, 7) is 12.1. The highest BCUT2D eigenvalue weighted by atomic mass is 16.1. The van der Waals surface area contributed by atoms with E-state index in [2.05, 4.69) is 55.2 Å². The number of hydrogen-bond acceptors (Lipinski definition) is 4. The second-order valence-electron chi connectivity index (χ2n) is 7.17. The Hall–Kier alpha value is -2.43. The summed E-state index contributed by atoms with van der Waals surface area (Å²) >= 11 is 0. The van der Waals surface area contributed by atoms with Crippen molar-refractivity contribution in [3.8, 4) is 0 Å². The van der Waals surface area contributed by atoms with E-state index in [1.807, 2.05) is 18.2 Å². The summed E-state index contributed by atoms with van der Waals surface area (Å²) in [5.74, 6) is 1.02. The minimum atomic E-state index is -0.210. The first kappa shape index (κ1) is 18.9. The van der Waals surface area contributed by atoms with Crippen LogP contribution in [0.1, 0.15) is 62.1 Å². The van der Waals surface area contributed by atoms with E-state index in [-0.39, 0.29) is 11.4 Å². The molecule has 0 unspecified atom stereocenters. The summed E-state index contributed by atoms with van der Waals surface area (Å²) in [7, 11) is 0. The molecule has 1 aromatic heterocycles. The number of carbonyl (C=O) groups is 1. The standard InChI is InChI=1S/C20H28N4O/c1-7-14-10-9-11-15(8-2)18(14)23-19(25)16-12-17(22-13(3)21-16)24-20(4,5)6/h9-12H,7-8H2,1-6H3,(H,23,25)(H,21,22,24). The first-order valence-corrected chi connectivity index (χ1v) is 8.79. The third-order valence-corrected chi connectivity index (χ3v) is 3.81. The first-order valence-electron chi connectivity index (χ1n) is 8.79. The number of aryl methyl sites for hydroxylation is 3. The smallest absolute Gasteiger partial charge is 0.274 e. The second kappa shape index (κ2) is 7.64. The predicted octanol–water partition coefficient (Wildman–Crippen LogP) is 4.37. The molecule has 2 rings (SSSR count). The van der Waals surface area contributed by atoms with E-state index in [0.717, 1.165) is 29.7 Å². The molecule has 2 aromatic rings. The Kier molecular flexibility index (Phi) is 5.77. The first-order chi connectivity index (χ1) is 11.7. The Balaban J connectivity index is 2.33. The van der Waals surface area contributed by atoms with Crippen LogP contribution in [0.4, 0.5) is 11.5 Å². The summed E-state index contributed by atoms with van der Waals surface area (Å²) in [6, 6.07) is 7.83. The maximum Gasteiger partial charge on any atom is 0.274 e.